The monoisotopic (exact) mass is 656 g/mol. The van der Waals surface area contributed by atoms with Crippen molar-refractivity contribution in [3.63, 3.8) is 0 Å². The highest BCUT2D eigenvalue weighted by Crippen LogP contribution is 2.27. The topological polar surface area (TPSA) is 90.5 Å². The lowest BCUT2D eigenvalue weighted by atomic mass is 10.00. The number of anilines is 2. The summed E-state index contributed by atoms with van der Waals surface area (Å²) >= 11 is 6.03. The van der Waals surface area contributed by atoms with Crippen molar-refractivity contribution in [2.24, 2.45) is 0 Å². The van der Waals surface area contributed by atoms with Crippen LogP contribution in [0.5, 0.6) is 0 Å². The fourth-order valence-corrected chi connectivity index (χ4v) is 7.20. The average Bonchev–Trinajstić information content (AvgIpc) is 3.01. The summed E-state index contributed by atoms with van der Waals surface area (Å²) in [6.07, 6.45) is 0.629. The molecule has 0 unspecified atom stereocenters. The van der Waals surface area contributed by atoms with Crippen LogP contribution in [0.4, 0.5) is 24.5 Å². The van der Waals surface area contributed by atoms with Gasteiger partial charge < -0.3 is 16.0 Å². The average molecular weight is 657 g/mol. The van der Waals surface area contributed by atoms with Crippen LogP contribution in [0.2, 0.25) is 5.02 Å². The zero-order valence-electron chi connectivity index (χ0n) is 24.1. The van der Waals surface area contributed by atoms with E-state index in [1.165, 1.54) is 16.4 Å². The number of halogens is 4. The van der Waals surface area contributed by atoms with Gasteiger partial charge in [-0.05, 0) is 66.9 Å². The number of nitrogens with one attached hydrogen (secondary N) is 3. The van der Waals surface area contributed by atoms with Crippen LogP contribution in [0.15, 0.2) is 95.9 Å². The molecule has 4 aromatic carbocycles. The van der Waals surface area contributed by atoms with E-state index >= 15 is 4.39 Å². The molecule has 2 atom stereocenters. The molecule has 4 aromatic rings. The fourth-order valence-electron chi connectivity index (χ4n) is 5.40. The van der Waals surface area contributed by atoms with Crippen molar-refractivity contribution >= 4 is 38.9 Å². The molecule has 1 aliphatic heterocycles. The highest BCUT2D eigenvalue weighted by atomic mass is 35.5. The van der Waals surface area contributed by atoms with Crippen molar-refractivity contribution in [2.75, 3.05) is 30.3 Å². The molecule has 5 rings (SSSR count). The molecule has 7 nitrogen and oxygen atoms in total. The van der Waals surface area contributed by atoms with Gasteiger partial charge in [0.2, 0.25) is 15.9 Å². The summed E-state index contributed by atoms with van der Waals surface area (Å²) in [5.74, 6) is -2.80. The molecule has 1 amide bonds. The Kier molecular flexibility index (Phi) is 10.4. The second kappa shape index (κ2) is 14.5. The number of rotatable bonds is 11. The van der Waals surface area contributed by atoms with Crippen LogP contribution in [0.3, 0.4) is 0 Å². The van der Waals surface area contributed by atoms with Gasteiger partial charge in [-0.3, -0.25) is 4.79 Å². The van der Waals surface area contributed by atoms with Crippen LogP contribution in [0, 0.1) is 17.5 Å². The van der Waals surface area contributed by atoms with Gasteiger partial charge in [0.15, 0.2) is 0 Å². The van der Waals surface area contributed by atoms with Crippen LogP contribution in [-0.4, -0.2) is 50.3 Å². The molecule has 0 aromatic heterocycles. The molecule has 45 heavy (non-hydrogen) atoms. The van der Waals surface area contributed by atoms with Crippen molar-refractivity contribution in [1.82, 2.24) is 9.62 Å². The highest BCUT2D eigenvalue weighted by molar-refractivity contribution is 7.89. The maximum absolute atomic E-state index is 15.4. The summed E-state index contributed by atoms with van der Waals surface area (Å²) in [6, 6.07) is 20.8. The zero-order chi connectivity index (χ0) is 32.0. The highest BCUT2D eigenvalue weighted by Gasteiger charge is 2.33. The van der Waals surface area contributed by atoms with Gasteiger partial charge in [-0.1, -0.05) is 48.0 Å². The van der Waals surface area contributed by atoms with Crippen LogP contribution in [0.25, 0.3) is 0 Å². The molecule has 0 radical (unpaired) electrons. The summed E-state index contributed by atoms with van der Waals surface area (Å²) in [5, 5.41) is 9.43. The Bertz CT molecular complexity index is 1720. The fraction of sp³-hybridized carbons (Fsp3) is 0.242. The van der Waals surface area contributed by atoms with Crippen molar-refractivity contribution in [1.29, 1.82) is 0 Å². The quantitative estimate of drug-likeness (QED) is 0.184. The van der Waals surface area contributed by atoms with Crippen LogP contribution >= 0.6 is 11.6 Å². The van der Waals surface area contributed by atoms with Gasteiger partial charge in [0.25, 0.3) is 0 Å². The number of sulfonamides is 1. The molecule has 1 aliphatic rings. The Labute approximate surface area is 265 Å². The molecular weight excluding hydrogens is 625 g/mol. The first-order chi connectivity index (χ1) is 21.6. The summed E-state index contributed by atoms with van der Waals surface area (Å²) in [5.41, 5.74) is 1.30. The van der Waals surface area contributed by atoms with Crippen molar-refractivity contribution in [2.45, 2.75) is 36.2 Å². The maximum atomic E-state index is 15.4. The van der Waals surface area contributed by atoms with Crippen molar-refractivity contribution in [3.05, 3.63) is 125 Å². The van der Waals surface area contributed by atoms with E-state index < -0.39 is 45.5 Å². The van der Waals surface area contributed by atoms with E-state index in [9.17, 15) is 22.0 Å². The summed E-state index contributed by atoms with van der Waals surface area (Å²) in [6.45, 7) is 1.16. The zero-order valence-corrected chi connectivity index (χ0v) is 25.7. The number of hydrogen-bond acceptors (Lipinski definition) is 5. The molecule has 236 valence electrons. The summed E-state index contributed by atoms with van der Waals surface area (Å²) < 4.78 is 71.4. The first kappa shape index (κ1) is 32.5. The van der Waals surface area contributed by atoms with Gasteiger partial charge in [0, 0.05) is 60.1 Å². The molecule has 3 N–H and O–H groups in total. The minimum atomic E-state index is -3.77. The van der Waals surface area contributed by atoms with E-state index in [1.807, 2.05) is 0 Å². The molecule has 0 aliphatic carbocycles. The largest absolute Gasteiger partial charge is 0.373 e. The van der Waals surface area contributed by atoms with E-state index in [1.54, 1.807) is 60.7 Å². The van der Waals surface area contributed by atoms with E-state index in [-0.39, 0.29) is 35.5 Å². The lowest BCUT2D eigenvalue weighted by Gasteiger charge is -2.35. The number of benzene rings is 4. The van der Waals surface area contributed by atoms with E-state index in [0.29, 0.717) is 36.3 Å². The van der Waals surface area contributed by atoms with Crippen LogP contribution in [-0.2, 0) is 27.7 Å². The Balaban J connectivity index is 1.39. The number of hydrogen-bond donors (Lipinski definition) is 3. The van der Waals surface area contributed by atoms with E-state index in [2.05, 4.69) is 16.0 Å². The molecule has 1 saturated heterocycles. The third-order valence-electron chi connectivity index (χ3n) is 7.62. The Hall–Kier alpha value is -3.90. The van der Waals surface area contributed by atoms with E-state index in [4.69, 9.17) is 11.6 Å². The number of carbonyl (C=O) groups is 1. The number of amides is 1. The van der Waals surface area contributed by atoms with Gasteiger partial charge in [-0.25, -0.2) is 21.6 Å². The number of piperazine rings is 1. The van der Waals surface area contributed by atoms with Crippen LogP contribution < -0.4 is 16.0 Å². The lowest BCUT2D eigenvalue weighted by Crippen LogP contribution is -2.53. The summed E-state index contributed by atoms with van der Waals surface area (Å²) in [7, 11) is -3.77. The molecule has 1 fully saturated rings. The second-order valence-corrected chi connectivity index (χ2v) is 13.1. The third kappa shape index (κ3) is 8.23. The predicted octanol–water partition coefficient (Wildman–Crippen LogP) is 6.01. The third-order valence-corrected chi connectivity index (χ3v) is 9.84. The first-order valence-electron chi connectivity index (χ1n) is 14.4. The molecule has 12 heteroatoms. The van der Waals surface area contributed by atoms with Gasteiger partial charge in [-0.2, -0.15) is 4.31 Å². The molecule has 0 saturated carbocycles. The van der Waals surface area contributed by atoms with Gasteiger partial charge in [0.1, 0.15) is 23.5 Å². The van der Waals surface area contributed by atoms with Crippen molar-refractivity contribution in [3.8, 4) is 0 Å². The summed E-state index contributed by atoms with van der Waals surface area (Å²) in [4.78, 5) is 13.7. The molecule has 1 heterocycles. The number of carbonyl (C=O) groups excluding carboxylic acids is 1. The minimum Gasteiger partial charge on any atom is -0.373 e. The van der Waals surface area contributed by atoms with Gasteiger partial charge in [0.05, 0.1) is 4.90 Å². The maximum Gasteiger partial charge on any atom is 0.247 e. The first-order valence-corrected chi connectivity index (χ1v) is 16.2. The Morgan fingerprint density at radius 1 is 0.956 bits per heavy atom. The SMILES string of the molecule is O=C(Nc1cc(F)cc(F)c1)[C@H](Cc1ccc(Cl)cc1)Nc1cccc(F)c1CC[C@H]1CNCCN1S(=O)(=O)c1ccccc1. The Morgan fingerprint density at radius 3 is 2.38 bits per heavy atom. The minimum absolute atomic E-state index is 0.0654. The molecular formula is C33H32ClF3N4O3S. The normalized spacial score (nSPS) is 16.2. The van der Waals surface area contributed by atoms with E-state index in [0.717, 1.165) is 17.7 Å². The predicted molar refractivity (Wildman–Crippen MR) is 169 cm³/mol. The molecule has 0 bridgehead atoms. The second-order valence-electron chi connectivity index (χ2n) is 10.8. The lowest BCUT2D eigenvalue weighted by molar-refractivity contribution is -0.116. The van der Waals surface area contributed by atoms with Crippen molar-refractivity contribution < 1.29 is 26.4 Å². The number of nitrogens with zero attached hydrogens (tertiary/aromatic N) is 1. The van der Waals surface area contributed by atoms with Gasteiger partial charge in [-0.15, -0.1) is 0 Å². The smallest absolute Gasteiger partial charge is 0.247 e. The van der Waals surface area contributed by atoms with Gasteiger partial charge >= 0.3 is 0 Å². The Morgan fingerprint density at radius 2 is 1.67 bits per heavy atom. The molecule has 0 spiro atoms. The standard InChI is InChI=1S/C33H32ClF3N4O3S/c34-23-11-9-22(10-12-23)17-32(33(42)39-26-19-24(35)18-25(36)20-26)40-31-8-4-7-30(37)29(31)14-13-27-21-38-15-16-41(27)45(43,44)28-5-2-1-3-6-28/h1-12,18-20,27,32,38,40H,13-17,21H2,(H,39,42)/t27-,32-/m0/s1. The van der Waals surface area contributed by atoms with Crippen LogP contribution in [0.1, 0.15) is 17.5 Å².